The number of Topliss-reactive ketones (excluding diaryl/α,β-unsaturated/α-hetero) is 1. The minimum Gasteiger partial charge on any atom is -0.466 e. The molecule has 126 valence electrons. The monoisotopic (exact) mass is 328 g/mol. The lowest BCUT2D eigenvalue weighted by Crippen LogP contribution is -2.41. The summed E-state index contributed by atoms with van der Waals surface area (Å²) in [4.78, 5) is 35.7. The Balaban J connectivity index is 1.79. The van der Waals surface area contributed by atoms with E-state index >= 15 is 0 Å². The highest BCUT2D eigenvalue weighted by Crippen LogP contribution is 2.13. The molecule has 1 heterocycles. The third kappa shape index (κ3) is 4.55. The van der Waals surface area contributed by atoms with Crippen molar-refractivity contribution in [2.75, 3.05) is 0 Å². The van der Waals surface area contributed by atoms with Crippen LogP contribution in [0.15, 0.2) is 34.7 Å². The fourth-order valence-electron chi connectivity index (χ4n) is 2.22. The van der Waals surface area contributed by atoms with Gasteiger partial charge in [0, 0.05) is 18.4 Å². The van der Waals surface area contributed by atoms with Crippen LogP contribution in [-0.2, 0) is 4.79 Å². The molecule has 0 aliphatic heterocycles. The molecule has 2 N–H and O–H groups in total. The van der Waals surface area contributed by atoms with Crippen LogP contribution >= 0.6 is 0 Å². The highest BCUT2D eigenvalue weighted by atomic mass is 16.3. The van der Waals surface area contributed by atoms with E-state index in [9.17, 15) is 14.4 Å². The molecule has 1 aromatic carbocycles. The minimum absolute atomic E-state index is 0.00358. The smallest absolute Gasteiger partial charge is 0.273 e. The molecule has 1 aromatic heterocycles. The van der Waals surface area contributed by atoms with Crippen molar-refractivity contribution in [3.8, 4) is 0 Å². The molecule has 24 heavy (non-hydrogen) atoms. The molecule has 2 rings (SSSR count). The van der Waals surface area contributed by atoms with Crippen molar-refractivity contribution in [1.29, 1.82) is 0 Å². The predicted octanol–water partition coefficient (Wildman–Crippen LogP) is 2.63. The first kappa shape index (κ1) is 17.5. The van der Waals surface area contributed by atoms with Gasteiger partial charge >= 0.3 is 0 Å². The Morgan fingerprint density at radius 3 is 2.21 bits per heavy atom. The average molecular weight is 328 g/mol. The van der Waals surface area contributed by atoms with E-state index in [1.807, 2.05) is 19.1 Å². The first-order valence-corrected chi connectivity index (χ1v) is 7.63. The predicted molar refractivity (Wildman–Crippen MR) is 88.5 cm³/mol. The highest BCUT2D eigenvalue weighted by molar-refractivity contribution is 5.99. The zero-order valence-electron chi connectivity index (χ0n) is 13.9. The van der Waals surface area contributed by atoms with Crippen molar-refractivity contribution in [1.82, 2.24) is 10.9 Å². The van der Waals surface area contributed by atoms with Crippen LogP contribution < -0.4 is 10.9 Å². The van der Waals surface area contributed by atoms with E-state index in [2.05, 4.69) is 10.9 Å². The number of carbonyl (C=O) groups excluding carboxylic acids is 3. The lowest BCUT2D eigenvalue weighted by atomic mass is 10.1. The van der Waals surface area contributed by atoms with Crippen molar-refractivity contribution >= 4 is 17.6 Å². The molecule has 0 atom stereocenters. The van der Waals surface area contributed by atoms with Gasteiger partial charge in [-0.15, -0.1) is 0 Å². The SMILES string of the molecule is Cc1ccc(C(=O)CCC(=O)NNC(=O)c2cc(C)oc2C)cc1. The fourth-order valence-corrected chi connectivity index (χ4v) is 2.22. The number of hydrazine groups is 1. The number of nitrogens with one attached hydrogen (secondary N) is 2. The van der Waals surface area contributed by atoms with E-state index in [1.54, 1.807) is 32.0 Å². The van der Waals surface area contributed by atoms with Crippen LogP contribution in [0.2, 0.25) is 0 Å². The van der Waals surface area contributed by atoms with Gasteiger partial charge in [0.05, 0.1) is 5.56 Å². The Labute approximate surface area is 140 Å². The first-order valence-electron chi connectivity index (χ1n) is 7.63. The number of hydrogen-bond donors (Lipinski definition) is 2. The Bertz CT molecular complexity index is 760. The molecule has 0 saturated carbocycles. The van der Waals surface area contributed by atoms with Crippen molar-refractivity contribution in [3.05, 3.63) is 58.5 Å². The lowest BCUT2D eigenvalue weighted by molar-refractivity contribution is -0.121. The van der Waals surface area contributed by atoms with E-state index in [-0.39, 0.29) is 18.6 Å². The van der Waals surface area contributed by atoms with Gasteiger partial charge < -0.3 is 4.42 Å². The standard InChI is InChI=1S/C18H20N2O4/c1-11-4-6-14(7-5-11)16(21)8-9-17(22)19-20-18(23)15-10-12(2)24-13(15)3/h4-7,10H,8-9H2,1-3H3,(H,19,22)(H,20,23). The van der Waals surface area contributed by atoms with Crippen molar-refractivity contribution in [3.63, 3.8) is 0 Å². The van der Waals surface area contributed by atoms with Gasteiger partial charge in [-0.25, -0.2) is 0 Å². The Morgan fingerprint density at radius 1 is 0.958 bits per heavy atom. The van der Waals surface area contributed by atoms with E-state index in [0.717, 1.165) is 5.56 Å². The van der Waals surface area contributed by atoms with Gasteiger partial charge in [0.15, 0.2) is 5.78 Å². The summed E-state index contributed by atoms with van der Waals surface area (Å²) in [7, 11) is 0. The maximum absolute atomic E-state index is 12.0. The molecule has 0 fully saturated rings. The average Bonchev–Trinajstić information content (AvgIpc) is 2.89. The molecule has 0 aliphatic rings. The van der Waals surface area contributed by atoms with Crippen molar-refractivity contribution < 1.29 is 18.8 Å². The fraction of sp³-hybridized carbons (Fsp3) is 0.278. The van der Waals surface area contributed by atoms with E-state index in [4.69, 9.17) is 4.42 Å². The number of aryl methyl sites for hydroxylation is 3. The highest BCUT2D eigenvalue weighted by Gasteiger charge is 2.14. The van der Waals surface area contributed by atoms with Crippen molar-refractivity contribution in [2.24, 2.45) is 0 Å². The summed E-state index contributed by atoms with van der Waals surface area (Å²) < 4.78 is 5.26. The summed E-state index contributed by atoms with van der Waals surface area (Å²) in [6.45, 7) is 5.34. The second-order valence-corrected chi connectivity index (χ2v) is 5.62. The molecule has 0 radical (unpaired) electrons. The van der Waals surface area contributed by atoms with Gasteiger partial charge in [0.1, 0.15) is 11.5 Å². The molecule has 6 nitrogen and oxygen atoms in total. The number of ketones is 1. The van der Waals surface area contributed by atoms with Crippen LogP contribution in [0.25, 0.3) is 0 Å². The maximum atomic E-state index is 12.0. The summed E-state index contributed by atoms with van der Waals surface area (Å²) in [5.41, 5.74) is 6.62. The zero-order valence-corrected chi connectivity index (χ0v) is 13.9. The Kier molecular flexibility index (Phi) is 5.52. The number of amides is 2. The summed E-state index contributed by atoms with van der Waals surface area (Å²) in [6, 6.07) is 8.77. The molecule has 0 saturated heterocycles. The quantitative estimate of drug-likeness (QED) is 0.652. The van der Waals surface area contributed by atoms with E-state index < -0.39 is 11.8 Å². The third-order valence-electron chi connectivity index (χ3n) is 3.55. The molecular formula is C18H20N2O4. The van der Waals surface area contributed by atoms with Gasteiger partial charge in [-0.2, -0.15) is 0 Å². The molecule has 2 amide bonds. The number of benzene rings is 1. The van der Waals surface area contributed by atoms with Gasteiger partial charge in [-0.05, 0) is 26.8 Å². The summed E-state index contributed by atoms with van der Waals surface area (Å²) >= 11 is 0. The minimum atomic E-state index is -0.456. The first-order chi connectivity index (χ1) is 11.4. The molecule has 0 aliphatic carbocycles. The summed E-state index contributed by atoms with van der Waals surface area (Å²) in [6.07, 6.45) is 0.0744. The number of rotatable bonds is 5. The van der Waals surface area contributed by atoms with E-state index in [1.165, 1.54) is 0 Å². The van der Waals surface area contributed by atoms with Gasteiger partial charge in [-0.3, -0.25) is 25.2 Å². The number of hydrogen-bond acceptors (Lipinski definition) is 4. The molecule has 0 bridgehead atoms. The molecular weight excluding hydrogens is 308 g/mol. The van der Waals surface area contributed by atoms with Gasteiger partial charge in [0.25, 0.3) is 5.91 Å². The second-order valence-electron chi connectivity index (χ2n) is 5.62. The maximum Gasteiger partial charge on any atom is 0.273 e. The molecule has 0 spiro atoms. The normalized spacial score (nSPS) is 10.3. The topological polar surface area (TPSA) is 88.4 Å². The zero-order chi connectivity index (χ0) is 17.7. The number of carbonyl (C=O) groups is 3. The van der Waals surface area contributed by atoms with Crippen molar-refractivity contribution in [2.45, 2.75) is 33.6 Å². The third-order valence-corrected chi connectivity index (χ3v) is 3.55. The van der Waals surface area contributed by atoms with Crippen LogP contribution in [0.1, 0.15) is 50.6 Å². The van der Waals surface area contributed by atoms with Gasteiger partial charge in [0.2, 0.25) is 5.91 Å². The second kappa shape index (κ2) is 7.59. The van der Waals surface area contributed by atoms with Crippen LogP contribution in [0.3, 0.4) is 0 Å². The van der Waals surface area contributed by atoms with Crippen LogP contribution in [0.4, 0.5) is 0 Å². The molecule has 0 unspecified atom stereocenters. The van der Waals surface area contributed by atoms with Crippen LogP contribution in [0.5, 0.6) is 0 Å². The largest absolute Gasteiger partial charge is 0.466 e. The Hall–Kier alpha value is -2.89. The number of furan rings is 1. The lowest BCUT2D eigenvalue weighted by Gasteiger charge is -2.06. The summed E-state index contributed by atoms with van der Waals surface area (Å²) in [5, 5.41) is 0. The van der Waals surface area contributed by atoms with Crippen LogP contribution in [0, 0.1) is 20.8 Å². The Morgan fingerprint density at radius 2 is 1.62 bits per heavy atom. The molecule has 2 aromatic rings. The summed E-state index contributed by atoms with van der Waals surface area (Å²) in [5.74, 6) is 0.100. The van der Waals surface area contributed by atoms with Gasteiger partial charge in [-0.1, -0.05) is 29.8 Å². The molecule has 6 heteroatoms. The van der Waals surface area contributed by atoms with E-state index in [0.29, 0.717) is 22.6 Å². The van der Waals surface area contributed by atoms with Crippen LogP contribution in [-0.4, -0.2) is 17.6 Å².